The Morgan fingerprint density at radius 1 is 1.29 bits per heavy atom. The van der Waals surface area contributed by atoms with E-state index in [-0.39, 0.29) is 18.6 Å². The molecule has 1 amide bonds. The predicted molar refractivity (Wildman–Crippen MR) is 109 cm³/mol. The fourth-order valence-corrected chi connectivity index (χ4v) is 3.25. The van der Waals surface area contributed by atoms with Crippen LogP contribution in [0.4, 0.5) is 5.69 Å². The molecule has 0 spiro atoms. The van der Waals surface area contributed by atoms with Gasteiger partial charge in [0.2, 0.25) is 5.91 Å². The third-order valence-electron chi connectivity index (χ3n) is 4.48. The molecule has 0 radical (unpaired) electrons. The molecule has 1 saturated heterocycles. The van der Waals surface area contributed by atoms with Crippen molar-refractivity contribution in [3.63, 3.8) is 0 Å². The second-order valence-electron chi connectivity index (χ2n) is 6.84. The van der Waals surface area contributed by atoms with Crippen LogP contribution in [0.15, 0.2) is 48.5 Å². The van der Waals surface area contributed by atoms with E-state index in [1.54, 1.807) is 24.3 Å². The topological polar surface area (TPSA) is 71.0 Å². The molecule has 2 N–H and O–H groups in total. The molecule has 3 rings (SSSR count). The highest BCUT2D eigenvalue weighted by atomic mass is 35.5. The first-order valence-electron chi connectivity index (χ1n) is 9.27. The van der Waals surface area contributed by atoms with Gasteiger partial charge in [0, 0.05) is 37.3 Å². The van der Waals surface area contributed by atoms with Gasteiger partial charge in [-0.3, -0.25) is 9.69 Å². The number of nitrogens with one attached hydrogen (secondary N) is 1. The number of nitrogens with zero attached hydrogens (tertiary/aromatic N) is 1. The van der Waals surface area contributed by atoms with Crippen LogP contribution in [0, 0.1) is 0 Å². The van der Waals surface area contributed by atoms with E-state index in [1.165, 1.54) is 6.92 Å². The van der Waals surface area contributed by atoms with E-state index in [0.29, 0.717) is 36.2 Å². The number of aliphatic hydroxyl groups is 1. The normalized spacial score (nSPS) is 18.5. The maximum atomic E-state index is 11.0. The standard InChI is InChI=1S/C21H25ClN2O4/c1-15(25)23-18-6-8-20(9-7-18)28-14-19(26)12-24-10-11-27-21(13-24)16-2-4-17(22)5-3-16/h2-9,19,21,26H,10-14H2,1H3,(H,23,25)/t19-,21+/m0/s1. The Balaban J connectivity index is 1.45. The Hall–Kier alpha value is -2.12. The van der Waals surface area contributed by atoms with E-state index in [9.17, 15) is 9.90 Å². The van der Waals surface area contributed by atoms with E-state index in [1.807, 2.05) is 24.3 Å². The van der Waals surface area contributed by atoms with Gasteiger partial charge in [-0.1, -0.05) is 23.7 Å². The number of carbonyl (C=O) groups is 1. The van der Waals surface area contributed by atoms with Gasteiger partial charge >= 0.3 is 0 Å². The Morgan fingerprint density at radius 2 is 2.00 bits per heavy atom. The zero-order valence-corrected chi connectivity index (χ0v) is 16.6. The van der Waals surface area contributed by atoms with Crippen molar-refractivity contribution in [1.29, 1.82) is 0 Å². The summed E-state index contributed by atoms with van der Waals surface area (Å²) in [4.78, 5) is 13.2. The molecular weight excluding hydrogens is 380 g/mol. The molecule has 6 nitrogen and oxygen atoms in total. The number of ether oxygens (including phenoxy) is 2. The van der Waals surface area contributed by atoms with Gasteiger partial charge in [-0.2, -0.15) is 0 Å². The molecule has 2 atom stereocenters. The number of morpholine rings is 1. The van der Waals surface area contributed by atoms with Crippen molar-refractivity contribution in [2.45, 2.75) is 19.1 Å². The van der Waals surface area contributed by atoms with Crippen molar-refractivity contribution < 1.29 is 19.4 Å². The number of hydrogen-bond donors (Lipinski definition) is 2. The molecule has 150 valence electrons. The largest absolute Gasteiger partial charge is 0.491 e. The summed E-state index contributed by atoms with van der Waals surface area (Å²) in [5.41, 5.74) is 1.79. The summed E-state index contributed by atoms with van der Waals surface area (Å²) < 4.78 is 11.5. The molecule has 7 heteroatoms. The van der Waals surface area contributed by atoms with Crippen LogP contribution in [0.2, 0.25) is 5.02 Å². The van der Waals surface area contributed by atoms with E-state index in [2.05, 4.69) is 10.2 Å². The van der Waals surface area contributed by atoms with E-state index < -0.39 is 6.10 Å². The van der Waals surface area contributed by atoms with Crippen molar-refractivity contribution in [2.24, 2.45) is 0 Å². The summed E-state index contributed by atoms with van der Waals surface area (Å²) >= 11 is 5.95. The monoisotopic (exact) mass is 404 g/mol. The van der Waals surface area contributed by atoms with E-state index >= 15 is 0 Å². The highest BCUT2D eigenvalue weighted by Gasteiger charge is 2.23. The van der Waals surface area contributed by atoms with Crippen LogP contribution < -0.4 is 10.1 Å². The molecule has 1 heterocycles. The highest BCUT2D eigenvalue weighted by Crippen LogP contribution is 2.24. The van der Waals surface area contributed by atoms with E-state index in [0.717, 1.165) is 12.1 Å². The van der Waals surface area contributed by atoms with Gasteiger partial charge in [0.05, 0.1) is 12.7 Å². The molecule has 0 unspecified atom stereocenters. The quantitative estimate of drug-likeness (QED) is 0.742. The number of halogens is 1. The van der Waals surface area contributed by atoms with E-state index in [4.69, 9.17) is 21.1 Å². The van der Waals surface area contributed by atoms with Crippen LogP contribution >= 0.6 is 11.6 Å². The van der Waals surface area contributed by atoms with Gasteiger partial charge in [-0.15, -0.1) is 0 Å². The number of aliphatic hydroxyl groups excluding tert-OH is 1. The SMILES string of the molecule is CC(=O)Nc1ccc(OC[C@@H](O)CN2CCO[C@@H](c3ccc(Cl)cc3)C2)cc1. The van der Waals surface area contributed by atoms with Crippen molar-refractivity contribution in [2.75, 3.05) is 38.2 Å². The molecule has 28 heavy (non-hydrogen) atoms. The maximum absolute atomic E-state index is 11.0. The highest BCUT2D eigenvalue weighted by molar-refractivity contribution is 6.30. The van der Waals surface area contributed by atoms with Gasteiger partial charge in [0.25, 0.3) is 0 Å². The summed E-state index contributed by atoms with van der Waals surface area (Å²) in [7, 11) is 0. The average Bonchev–Trinajstić information content (AvgIpc) is 2.68. The molecule has 2 aromatic carbocycles. The summed E-state index contributed by atoms with van der Waals surface area (Å²) in [5.74, 6) is 0.528. The molecule has 0 aromatic heterocycles. The third-order valence-corrected chi connectivity index (χ3v) is 4.73. The second-order valence-corrected chi connectivity index (χ2v) is 7.28. The summed E-state index contributed by atoms with van der Waals surface area (Å²) in [6.45, 7) is 4.27. The average molecular weight is 405 g/mol. The number of carbonyl (C=O) groups excluding carboxylic acids is 1. The zero-order chi connectivity index (χ0) is 19.9. The number of amides is 1. The Kier molecular flexibility index (Phi) is 7.28. The first-order chi connectivity index (χ1) is 13.5. The van der Waals surface area contributed by atoms with Gasteiger partial charge in [0.1, 0.15) is 18.5 Å². The zero-order valence-electron chi connectivity index (χ0n) is 15.8. The lowest BCUT2D eigenvalue weighted by atomic mass is 10.1. The molecule has 0 saturated carbocycles. The van der Waals surface area contributed by atoms with Crippen LogP contribution in [0.3, 0.4) is 0 Å². The number of benzene rings is 2. The molecule has 1 fully saturated rings. The van der Waals surface area contributed by atoms with Gasteiger partial charge in [-0.25, -0.2) is 0 Å². The summed E-state index contributed by atoms with van der Waals surface area (Å²) in [6.07, 6.45) is -0.639. The van der Waals surface area contributed by atoms with Gasteiger partial charge in [-0.05, 0) is 42.0 Å². The molecule has 1 aliphatic rings. The van der Waals surface area contributed by atoms with Gasteiger partial charge < -0.3 is 19.9 Å². The van der Waals surface area contributed by atoms with Crippen LogP contribution in [0.25, 0.3) is 0 Å². The number of β-amino-alcohol motifs (C(OH)–C–C–N with tert-alkyl or cyclic N) is 1. The lowest BCUT2D eigenvalue weighted by Gasteiger charge is -2.34. The van der Waals surface area contributed by atoms with Crippen LogP contribution in [-0.4, -0.2) is 54.9 Å². The molecule has 1 aliphatic heterocycles. The minimum Gasteiger partial charge on any atom is -0.491 e. The molecule has 0 aliphatic carbocycles. The maximum Gasteiger partial charge on any atom is 0.221 e. The molecule has 0 bridgehead atoms. The predicted octanol–water partition coefficient (Wildman–Crippen LogP) is 3.11. The summed E-state index contributed by atoms with van der Waals surface area (Å²) in [5, 5.41) is 13.8. The first kappa shape index (κ1) is 20.6. The first-order valence-corrected chi connectivity index (χ1v) is 9.65. The third kappa shape index (κ3) is 6.21. The lowest BCUT2D eigenvalue weighted by Crippen LogP contribution is -2.43. The minimum atomic E-state index is -0.612. The lowest BCUT2D eigenvalue weighted by molar-refractivity contribution is -0.114. The van der Waals surface area contributed by atoms with Crippen molar-refractivity contribution in [3.8, 4) is 5.75 Å². The number of rotatable bonds is 7. The minimum absolute atomic E-state index is 0.0274. The fraction of sp³-hybridized carbons (Fsp3) is 0.381. The van der Waals surface area contributed by atoms with Crippen LogP contribution in [0.5, 0.6) is 5.75 Å². The Bertz CT molecular complexity index is 767. The molecular formula is C21H25ClN2O4. The van der Waals surface area contributed by atoms with Gasteiger partial charge in [0.15, 0.2) is 0 Å². The molecule has 2 aromatic rings. The smallest absolute Gasteiger partial charge is 0.221 e. The fourth-order valence-electron chi connectivity index (χ4n) is 3.13. The Morgan fingerprint density at radius 3 is 2.68 bits per heavy atom. The van der Waals surface area contributed by atoms with Crippen LogP contribution in [-0.2, 0) is 9.53 Å². The second kappa shape index (κ2) is 9.89. The number of hydrogen-bond acceptors (Lipinski definition) is 5. The summed E-state index contributed by atoms with van der Waals surface area (Å²) in [6, 6.07) is 14.7. The van der Waals surface area contributed by atoms with Crippen molar-refractivity contribution in [1.82, 2.24) is 4.90 Å². The number of anilines is 1. The Labute approximate surface area is 170 Å². The van der Waals surface area contributed by atoms with Crippen molar-refractivity contribution in [3.05, 3.63) is 59.1 Å². The van der Waals surface area contributed by atoms with Crippen molar-refractivity contribution >= 4 is 23.2 Å². The van der Waals surface area contributed by atoms with Crippen LogP contribution in [0.1, 0.15) is 18.6 Å².